The lowest BCUT2D eigenvalue weighted by atomic mass is 10.4. The van der Waals surface area contributed by atoms with Gasteiger partial charge in [0.05, 0.1) is 0 Å². The van der Waals surface area contributed by atoms with Crippen molar-refractivity contribution in [2.45, 2.75) is 10.4 Å². The van der Waals surface area contributed by atoms with Crippen LogP contribution in [0.3, 0.4) is 0 Å². The first-order valence-corrected chi connectivity index (χ1v) is 3.61. The zero-order chi connectivity index (χ0) is 8.32. The second-order valence-electron chi connectivity index (χ2n) is 1.78. The molecule has 0 unspecified atom stereocenters. The number of thioether (sulfide) groups is 1. The summed E-state index contributed by atoms with van der Waals surface area (Å²) in [6.07, 6.45) is 0. The molecule has 1 aromatic carbocycles. The fraction of sp³-hybridized carbons (Fsp3) is 0.143. The van der Waals surface area contributed by atoms with Crippen LogP contribution in [0, 0.1) is 6.07 Å². The molecule has 0 N–H and O–H groups in total. The maximum absolute atomic E-state index is 11.7. The summed E-state index contributed by atoms with van der Waals surface area (Å²) < 4.78 is 35.1. The van der Waals surface area contributed by atoms with Crippen molar-refractivity contribution in [3.05, 3.63) is 30.3 Å². The van der Waals surface area contributed by atoms with Crippen molar-refractivity contribution < 1.29 is 13.2 Å². The van der Waals surface area contributed by atoms with Gasteiger partial charge in [-0.05, 0) is 30.0 Å². The van der Waals surface area contributed by atoms with Crippen LogP contribution in [0.15, 0.2) is 29.2 Å². The van der Waals surface area contributed by atoms with Gasteiger partial charge in [0.1, 0.15) is 0 Å². The van der Waals surface area contributed by atoms with Crippen LogP contribution in [0.4, 0.5) is 13.2 Å². The molecule has 0 aliphatic heterocycles. The van der Waals surface area contributed by atoms with Gasteiger partial charge in [0.25, 0.3) is 0 Å². The van der Waals surface area contributed by atoms with Gasteiger partial charge in [-0.2, -0.15) is 13.2 Å². The zero-order valence-corrected chi connectivity index (χ0v) is 6.17. The van der Waals surface area contributed by atoms with Crippen LogP contribution in [-0.2, 0) is 0 Å². The first kappa shape index (κ1) is 8.46. The summed E-state index contributed by atoms with van der Waals surface area (Å²) in [6.45, 7) is 0. The summed E-state index contributed by atoms with van der Waals surface area (Å²) >= 11 is -0.119. The van der Waals surface area contributed by atoms with Gasteiger partial charge in [0.15, 0.2) is 0 Å². The van der Waals surface area contributed by atoms with E-state index in [2.05, 4.69) is 6.07 Å². The molecule has 1 rings (SSSR count). The molecule has 0 saturated carbocycles. The minimum atomic E-state index is -4.19. The topological polar surface area (TPSA) is 0 Å². The minimum absolute atomic E-state index is 0.119. The molecule has 0 nitrogen and oxygen atoms in total. The fourth-order valence-electron chi connectivity index (χ4n) is 0.573. The molecule has 0 aromatic heterocycles. The van der Waals surface area contributed by atoms with Gasteiger partial charge in [0.2, 0.25) is 0 Å². The Morgan fingerprint density at radius 3 is 2.18 bits per heavy atom. The van der Waals surface area contributed by atoms with E-state index in [0.29, 0.717) is 0 Å². The number of hydrogen-bond acceptors (Lipinski definition) is 1. The molecule has 0 fully saturated rings. The molecule has 0 bridgehead atoms. The van der Waals surface area contributed by atoms with E-state index in [0.717, 1.165) is 0 Å². The van der Waals surface area contributed by atoms with Crippen LogP contribution in [-0.4, -0.2) is 5.51 Å². The summed E-state index contributed by atoms with van der Waals surface area (Å²) in [5.74, 6) is 0. The number of alkyl halides is 3. The van der Waals surface area contributed by atoms with E-state index >= 15 is 0 Å². The Morgan fingerprint density at radius 1 is 1.18 bits per heavy atom. The predicted molar refractivity (Wildman–Crippen MR) is 37.2 cm³/mol. The van der Waals surface area contributed by atoms with Crippen molar-refractivity contribution in [1.29, 1.82) is 0 Å². The molecule has 0 spiro atoms. The fourth-order valence-corrected chi connectivity index (χ4v) is 1.11. The SMILES string of the molecule is FC(F)(F)Sc1cc[c]cc1. The Hall–Kier alpha value is -0.640. The molecule has 0 saturated heterocycles. The van der Waals surface area contributed by atoms with E-state index in [4.69, 9.17) is 0 Å². The molecule has 0 amide bonds. The lowest BCUT2D eigenvalue weighted by Crippen LogP contribution is -1.98. The minimum Gasteiger partial charge on any atom is -0.160 e. The van der Waals surface area contributed by atoms with Crippen molar-refractivity contribution in [1.82, 2.24) is 0 Å². The van der Waals surface area contributed by atoms with Gasteiger partial charge < -0.3 is 0 Å². The quantitative estimate of drug-likeness (QED) is 0.594. The highest BCUT2D eigenvalue weighted by atomic mass is 32.2. The molecule has 11 heavy (non-hydrogen) atoms. The maximum atomic E-state index is 11.7. The smallest absolute Gasteiger partial charge is 0.160 e. The second-order valence-corrected chi connectivity index (χ2v) is 2.92. The molecule has 4 heteroatoms. The molecule has 1 radical (unpaired) electrons. The molecule has 1 aromatic rings. The Labute approximate surface area is 66.4 Å². The summed E-state index contributed by atoms with van der Waals surface area (Å²) in [5, 5.41) is 0. The highest BCUT2D eigenvalue weighted by Gasteiger charge is 2.28. The molecule has 59 valence electrons. The monoisotopic (exact) mass is 177 g/mol. The highest BCUT2D eigenvalue weighted by molar-refractivity contribution is 8.00. The Balaban J connectivity index is 2.66. The van der Waals surface area contributed by atoms with E-state index in [-0.39, 0.29) is 16.7 Å². The van der Waals surface area contributed by atoms with Gasteiger partial charge in [-0.25, -0.2) is 0 Å². The number of hydrogen-bond donors (Lipinski definition) is 0. The Kier molecular flexibility index (Phi) is 2.44. The number of benzene rings is 1. The standard InChI is InChI=1S/C7H4F3S/c8-7(9,10)11-6-4-2-1-3-5-6/h2-5H. The predicted octanol–water partition coefficient (Wildman–Crippen LogP) is 3.10. The lowest BCUT2D eigenvalue weighted by molar-refractivity contribution is -0.0328. The zero-order valence-electron chi connectivity index (χ0n) is 5.35. The Bertz CT molecular complexity index is 217. The van der Waals surface area contributed by atoms with Crippen LogP contribution in [0.5, 0.6) is 0 Å². The molecule has 0 aliphatic rings. The van der Waals surface area contributed by atoms with Crippen molar-refractivity contribution in [2.75, 3.05) is 0 Å². The summed E-state index contributed by atoms with van der Waals surface area (Å²) in [4.78, 5) is 0.191. The van der Waals surface area contributed by atoms with Gasteiger partial charge in [-0.1, -0.05) is 12.1 Å². The Morgan fingerprint density at radius 2 is 1.73 bits per heavy atom. The van der Waals surface area contributed by atoms with Crippen molar-refractivity contribution in [2.24, 2.45) is 0 Å². The third-order valence-electron chi connectivity index (χ3n) is 0.921. The third kappa shape index (κ3) is 3.32. The third-order valence-corrected chi connectivity index (χ3v) is 1.66. The van der Waals surface area contributed by atoms with Crippen LogP contribution in [0.25, 0.3) is 0 Å². The second kappa shape index (κ2) is 3.17. The molecule has 0 atom stereocenters. The average molecular weight is 177 g/mol. The van der Waals surface area contributed by atoms with Gasteiger partial charge in [-0.15, -0.1) is 0 Å². The normalized spacial score (nSPS) is 11.5. The van der Waals surface area contributed by atoms with Gasteiger partial charge in [-0.3, -0.25) is 0 Å². The van der Waals surface area contributed by atoms with Gasteiger partial charge in [0, 0.05) is 4.90 Å². The summed E-state index contributed by atoms with van der Waals surface area (Å²) in [5.41, 5.74) is -4.19. The summed E-state index contributed by atoms with van der Waals surface area (Å²) in [7, 11) is 0. The number of halogens is 3. The molecule has 0 heterocycles. The van der Waals surface area contributed by atoms with Crippen LogP contribution in [0.2, 0.25) is 0 Å². The van der Waals surface area contributed by atoms with Crippen molar-refractivity contribution >= 4 is 11.8 Å². The molecular weight excluding hydrogens is 173 g/mol. The first-order valence-electron chi connectivity index (χ1n) is 2.80. The number of rotatable bonds is 1. The van der Waals surface area contributed by atoms with E-state index in [1.54, 1.807) is 0 Å². The van der Waals surface area contributed by atoms with Crippen LogP contribution in [0.1, 0.15) is 0 Å². The maximum Gasteiger partial charge on any atom is 0.446 e. The van der Waals surface area contributed by atoms with E-state index in [9.17, 15) is 13.2 Å². The van der Waals surface area contributed by atoms with E-state index in [1.165, 1.54) is 24.3 Å². The first-order chi connectivity index (χ1) is 5.08. The summed E-state index contributed by atoms with van der Waals surface area (Å²) in [6, 6.07) is 8.29. The van der Waals surface area contributed by atoms with Crippen molar-refractivity contribution in [3.63, 3.8) is 0 Å². The van der Waals surface area contributed by atoms with E-state index < -0.39 is 5.51 Å². The van der Waals surface area contributed by atoms with Crippen LogP contribution >= 0.6 is 11.8 Å². The largest absolute Gasteiger partial charge is 0.446 e. The van der Waals surface area contributed by atoms with Crippen LogP contribution < -0.4 is 0 Å². The average Bonchev–Trinajstić information content (AvgIpc) is 1.85. The highest BCUT2D eigenvalue weighted by Crippen LogP contribution is 2.36. The van der Waals surface area contributed by atoms with Gasteiger partial charge >= 0.3 is 5.51 Å². The lowest BCUT2D eigenvalue weighted by Gasteiger charge is -2.03. The van der Waals surface area contributed by atoms with Crippen molar-refractivity contribution in [3.8, 4) is 0 Å². The molecular formula is C7H4F3S. The van der Waals surface area contributed by atoms with E-state index in [1.807, 2.05) is 0 Å². The molecule has 0 aliphatic carbocycles.